The quantitative estimate of drug-likeness (QED) is 0.496. The largest absolute Gasteiger partial charge is 0.369 e. The van der Waals surface area contributed by atoms with Gasteiger partial charge in [0.05, 0.1) is 0 Å². The zero-order chi connectivity index (χ0) is 28.2. The van der Waals surface area contributed by atoms with Crippen molar-refractivity contribution in [1.29, 1.82) is 0 Å². The lowest BCUT2D eigenvalue weighted by atomic mass is 9.93. The number of aryl methyl sites for hydroxylation is 2. The molecule has 0 aromatic heterocycles. The molecule has 2 aromatic carbocycles. The summed E-state index contributed by atoms with van der Waals surface area (Å²) < 4.78 is 0. The summed E-state index contributed by atoms with van der Waals surface area (Å²) in [7, 11) is 0. The Balaban J connectivity index is 0.000000123. The molecule has 4 saturated carbocycles. The maximum Gasteiger partial charge on any atom is 0.136 e. The second-order valence-electron chi connectivity index (χ2n) is 13.6. The highest BCUT2D eigenvalue weighted by Gasteiger charge is 2.42. The standard InChI is InChI=1S/C18H26N2.C11H16N2.C7H10O/c1-14-4-2-3-5-17(14)19-8-10-20(11-9-19)18-13-15-6-7-16(18)12-15;1-10-4-2-3-5-11(10)13-8-6-12-7-9-13;8-7-4-5-1-2-6(7)3-5/h2-5,15-16,18H,6-13H2,1H3;2-5,12H,6-9H2,1H3;5-6H,1-4H2. The molecule has 5 heteroatoms. The Morgan fingerprint density at radius 3 is 1.73 bits per heavy atom. The number of nitrogens with one attached hydrogen (secondary N) is 1. The SMILES string of the molecule is Cc1ccccc1N1CCN(C2CC3CCC2C3)CC1.Cc1ccccc1N1CCNCC1.O=C1CC2CCC1C2. The smallest absolute Gasteiger partial charge is 0.136 e. The normalized spacial score (nSPS) is 30.6. The maximum absolute atomic E-state index is 10.8. The van der Waals surface area contributed by atoms with E-state index in [1.807, 2.05) is 0 Å². The first kappa shape index (κ1) is 28.7. The van der Waals surface area contributed by atoms with Gasteiger partial charge in [0.1, 0.15) is 5.78 Å². The second kappa shape index (κ2) is 13.3. The summed E-state index contributed by atoms with van der Waals surface area (Å²) in [6.45, 7) is 13.8. The predicted molar refractivity (Wildman–Crippen MR) is 171 cm³/mol. The number of benzene rings is 2. The van der Waals surface area contributed by atoms with Crippen LogP contribution >= 0.6 is 0 Å². The monoisotopic (exact) mass is 556 g/mol. The molecule has 5 unspecified atom stereocenters. The van der Waals surface area contributed by atoms with Gasteiger partial charge in [-0.3, -0.25) is 9.69 Å². The molecule has 1 N–H and O–H groups in total. The molecule has 5 nitrogen and oxygen atoms in total. The molecule has 6 fully saturated rings. The molecule has 6 aliphatic rings. The molecular formula is C36H52N4O. The van der Waals surface area contributed by atoms with Crippen LogP contribution in [0.1, 0.15) is 62.5 Å². The maximum atomic E-state index is 10.8. The fourth-order valence-corrected chi connectivity index (χ4v) is 8.70. The van der Waals surface area contributed by atoms with Gasteiger partial charge in [-0.15, -0.1) is 0 Å². The summed E-state index contributed by atoms with van der Waals surface area (Å²) in [6.07, 6.45) is 10.7. The molecule has 2 heterocycles. The van der Waals surface area contributed by atoms with E-state index in [0.29, 0.717) is 11.7 Å². The van der Waals surface area contributed by atoms with Crippen molar-refractivity contribution in [1.82, 2.24) is 10.2 Å². The molecule has 4 aliphatic carbocycles. The Hall–Kier alpha value is -2.37. The third kappa shape index (κ3) is 6.83. The van der Waals surface area contributed by atoms with E-state index in [1.54, 1.807) is 0 Å². The van der Waals surface area contributed by atoms with Crippen molar-refractivity contribution in [3.8, 4) is 0 Å². The van der Waals surface area contributed by atoms with Crippen molar-refractivity contribution in [2.45, 2.75) is 71.3 Å². The van der Waals surface area contributed by atoms with Gasteiger partial charge in [-0.1, -0.05) is 42.8 Å². The molecule has 2 aromatic rings. The molecule has 2 aliphatic heterocycles. The van der Waals surface area contributed by atoms with Gasteiger partial charge >= 0.3 is 0 Å². The van der Waals surface area contributed by atoms with Gasteiger partial charge in [0, 0.05) is 82.1 Å². The highest BCUT2D eigenvalue weighted by molar-refractivity contribution is 5.84. The lowest BCUT2D eigenvalue weighted by Crippen LogP contribution is -2.51. The van der Waals surface area contributed by atoms with Crippen LogP contribution in [0.25, 0.3) is 0 Å². The van der Waals surface area contributed by atoms with Crippen molar-refractivity contribution >= 4 is 17.2 Å². The number of piperazine rings is 2. The third-order valence-electron chi connectivity index (χ3n) is 11.0. The topological polar surface area (TPSA) is 38.8 Å². The van der Waals surface area contributed by atoms with Gasteiger partial charge in [0.15, 0.2) is 0 Å². The summed E-state index contributed by atoms with van der Waals surface area (Å²) in [5, 5.41) is 3.36. The average Bonchev–Trinajstić information content (AvgIpc) is 3.82. The molecule has 0 spiro atoms. The minimum Gasteiger partial charge on any atom is -0.369 e. The van der Waals surface area contributed by atoms with Gasteiger partial charge in [0.25, 0.3) is 0 Å². The lowest BCUT2D eigenvalue weighted by molar-refractivity contribution is -0.121. The number of ketones is 1. The van der Waals surface area contributed by atoms with Crippen LogP contribution in [-0.2, 0) is 4.79 Å². The average molecular weight is 557 g/mol. The second-order valence-corrected chi connectivity index (χ2v) is 13.6. The van der Waals surface area contributed by atoms with Crippen molar-refractivity contribution in [3.63, 3.8) is 0 Å². The van der Waals surface area contributed by atoms with E-state index >= 15 is 0 Å². The highest BCUT2D eigenvalue weighted by Crippen LogP contribution is 2.47. The third-order valence-corrected chi connectivity index (χ3v) is 11.0. The summed E-state index contributed by atoms with van der Waals surface area (Å²) >= 11 is 0. The number of anilines is 2. The Kier molecular flexibility index (Phi) is 9.32. The van der Waals surface area contributed by atoms with Crippen LogP contribution in [0.2, 0.25) is 0 Å². The van der Waals surface area contributed by atoms with Crippen molar-refractivity contribution in [3.05, 3.63) is 59.7 Å². The fraction of sp³-hybridized carbons (Fsp3) is 0.639. The molecule has 5 atom stereocenters. The van der Waals surface area contributed by atoms with Crippen molar-refractivity contribution < 1.29 is 4.79 Å². The van der Waals surface area contributed by atoms with E-state index in [1.165, 1.54) is 93.6 Å². The Morgan fingerprint density at radius 1 is 0.659 bits per heavy atom. The van der Waals surface area contributed by atoms with E-state index in [9.17, 15) is 4.79 Å². The summed E-state index contributed by atoms with van der Waals surface area (Å²) in [5.41, 5.74) is 5.63. The first-order chi connectivity index (χ1) is 20.0. The van der Waals surface area contributed by atoms with Crippen LogP contribution in [0.15, 0.2) is 48.5 Å². The zero-order valence-electron chi connectivity index (χ0n) is 25.6. The molecular weight excluding hydrogens is 504 g/mol. The number of carbonyl (C=O) groups excluding carboxylic acids is 1. The van der Waals surface area contributed by atoms with Crippen LogP contribution < -0.4 is 15.1 Å². The lowest BCUT2D eigenvalue weighted by Gasteiger charge is -2.42. The highest BCUT2D eigenvalue weighted by atomic mass is 16.1. The number of nitrogens with zero attached hydrogens (tertiary/aromatic N) is 3. The summed E-state index contributed by atoms with van der Waals surface area (Å²) in [4.78, 5) is 18.7. The number of rotatable bonds is 3. The van der Waals surface area contributed by atoms with Gasteiger partial charge in [0.2, 0.25) is 0 Å². The van der Waals surface area contributed by atoms with E-state index in [4.69, 9.17) is 0 Å². The van der Waals surface area contributed by atoms with E-state index in [2.05, 4.69) is 82.4 Å². The first-order valence-corrected chi connectivity index (χ1v) is 16.6. The van der Waals surface area contributed by atoms with E-state index in [-0.39, 0.29) is 0 Å². The van der Waals surface area contributed by atoms with Crippen LogP contribution in [-0.4, -0.2) is 69.1 Å². The summed E-state index contributed by atoms with van der Waals surface area (Å²) in [6, 6.07) is 18.4. The summed E-state index contributed by atoms with van der Waals surface area (Å²) in [5.74, 6) is 3.94. The minimum atomic E-state index is 0.500. The molecule has 8 rings (SSSR count). The molecule has 4 bridgehead atoms. The number of carbonyl (C=O) groups is 1. The van der Waals surface area contributed by atoms with Crippen LogP contribution in [0.3, 0.4) is 0 Å². The van der Waals surface area contributed by atoms with E-state index < -0.39 is 0 Å². The van der Waals surface area contributed by atoms with Crippen molar-refractivity contribution in [2.75, 3.05) is 62.2 Å². The number of Topliss-reactive ketones (excluding diaryl/α,β-unsaturated/α-hetero) is 1. The number of para-hydroxylation sites is 2. The van der Waals surface area contributed by atoms with Crippen LogP contribution in [0.5, 0.6) is 0 Å². The Bertz CT molecular complexity index is 1150. The molecule has 41 heavy (non-hydrogen) atoms. The fourth-order valence-electron chi connectivity index (χ4n) is 8.70. The predicted octanol–water partition coefficient (Wildman–Crippen LogP) is 6.09. The van der Waals surface area contributed by atoms with Crippen molar-refractivity contribution in [2.24, 2.45) is 23.7 Å². The Labute approximate surface area is 248 Å². The Morgan fingerprint density at radius 2 is 1.27 bits per heavy atom. The first-order valence-electron chi connectivity index (χ1n) is 16.6. The molecule has 0 radical (unpaired) electrons. The van der Waals surface area contributed by atoms with Crippen LogP contribution in [0.4, 0.5) is 11.4 Å². The number of hydrogen-bond donors (Lipinski definition) is 1. The van der Waals surface area contributed by atoms with Gasteiger partial charge < -0.3 is 15.1 Å². The van der Waals surface area contributed by atoms with Gasteiger partial charge in [-0.2, -0.15) is 0 Å². The molecule has 0 amide bonds. The van der Waals surface area contributed by atoms with Crippen LogP contribution in [0, 0.1) is 37.5 Å². The minimum absolute atomic E-state index is 0.500. The number of fused-ring (bicyclic) bond motifs is 4. The molecule has 222 valence electrons. The zero-order valence-corrected chi connectivity index (χ0v) is 25.6. The van der Waals surface area contributed by atoms with Gasteiger partial charge in [-0.05, 0) is 93.4 Å². The number of hydrogen-bond acceptors (Lipinski definition) is 5. The van der Waals surface area contributed by atoms with Gasteiger partial charge in [-0.25, -0.2) is 0 Å². The molecule has 2 saturated heterocycles. The van der Waals surface area contributed by atoms with E-state index in [0.717, 1.165) is 56.4 Å².